The van der Waals surface area contributed by atoms with Crippen LogP contribution in [0.1, 0.15) is 32.8 Å². The zero-order valence-electron chi connectivity index (χ0n) is 9.81. The van der Waals surface area contributed by atoms with Crippen molar-refractivity contribution in [1.29, 1.82) is 0 Å². The monoisotopic (exact) mass is 286 g/mol. The molecule has 0 fully saturated rings. The van der Waals surface area contributed by atoms with Crippen molar-refractivity contribution in [2.75, 3.05) is 0 Å². The van der Waals surface area contributed by atoms with E-state index in [-0.39, 0.29) is 17.0 Å². The second-order valence-corrected chi connectivity index (χ2v) is 5.81. The Balaban J connectivity index is 2.83. The maximum Gasteiger partial charge on any atom is 0.130 e. The maximum atomic E-state index is 12.9. The third kappa shape index (κ3) is 4.05. The Morgan fingerprint density at radius 2 is 2.06 bits per heavy atom. The van der Waals surface area contributed by atoms with Crippen LogP contribution in [0.4, 0.5) is 4.39 Å². The van der Waals surface area contributed by atoms with Crippen LogP contribution in [0.5, 0.6) is 0 Å². The van der Waals surface area contributed by atoms with Gasteiger partial charge >= 0.3 is 0 Å². The van der Waals surface area contributed by atoms with Crippen molar-refractivity contribution in [3.63, 3.8) is 0 Å². The SMILES string of the molecule is CC(=O)CC(C)(C)Cc1ccc(F)cc1Br. The van der Waals surface area contributed by atoms with Gasteiger partial charge in [0.25, 0.3) is 0 Å². The van der Waals surface area contributed by atoms with Gasteiger partial charge < -0.3 is 4.79 Å². The first-order chi connectivity index (χ1) is 7.30. The molecule has 0 aliphatic heterocycles. The van der Waals surface area contributed by atoms with Gasteiger partial charge in [-0.1, -0.05) is 35.8 Å². The molecule has 0 spiro atoms. The zero-order chi connectivity index (χ0) is 12.3. The van der Waals surface area contributed by atoms with Crippen LogP contribution >= 0.6 is 15.9 Å². The highest BCUT2D eigenvalue weighted by molar-refractivity contribution is 9.10. The lowest BCUT2D eigenvalue weighted by molar-refractivity contribution is -0.118. The van der Waals surface area contributed by atoms with E-state index in [1.807, 2.05) is 13.8 Å². The molecule has 0 bridgehead atoms. The van der Waals surface area contributed by atoms with Gasteiger partial charge in [-0.15, -0.1) is 0 Å². The molecule has 0 unspecified atom stereocenters. The lowest BCUT2D eigenvalue weighted by Crippen LogP contribution is -2.18. The summed E-state index contributed by atoms with van der Waals surface area (Å²) in [5.74, 6) is -0.0665. The van der Waals surface area contributed by atoms with Crippen LogP contribution in [0.2, 0.25) is 0 Å². The topological polar surface area (TPSA) is 17.1 Å². The Bertz CT molecular complexity index is 399. The van der Waals surface area contributed by atoms with Crippen molar-refractivity contribution in [2.45, 2.75) is 33.6 Å². The maximum absolute atomic E-state index is 12.9. The molecule has 88 valence electrons. The van der Waals surface area contributed by atoms with Crippen molar-refractivity contribution >= 4 is 21.7 Å². The molecule has 0 heterocycles. The molecule has 0 saturated heterocycles. The van der Waals surface area contributed by atoms with Crippen molar-refractivity contribution in [2.24, 2.45) is 5.41 Å². The summed E-state index contributed by atoms with van der Waals surface area (Å²) >= 11 is 3.34. The minimum Gasteiger partial charge on any atom is -0.300 e. The average molecular weight is 287 g/mol. The fraction of sp³-hybridized carbons (Fsp3) is 0.462. The minimum atomic E-state index is -0.250. The van der Waals surface area contributed by atoms with E-state index in [0.717, 1.165) is 16.5 Å². The number of rotatable bonds is 4. The summed E-state index contributed by atoms with van der Waals surface area (Å²) in [6.45, 7) is 5.69. The van der Waals surface area contributed by atoms with Crippen molar-refractivity contribution in [3.05, 3.63) is 34.1 Å². The minimum absolute atomic E-state index is 0.0911. The van der Waals surface area contributed by atoms with Crippen LogP contribution in [0.25, 0.3) is 0 Å². The lowest BCUT2D eigenvalue weighted by Gasteiger charge is -2.23. The number of benzene rings is 1. The Hall–Kier alpha value is -0.700. The van der Waals surface area contributed by atoms with Gasteiger partial charge in [-0.05, 0) is 36.5 Å². The molecule has 0 aromatic heterocycles. The van der Waals surface area contributed by atoms with Crippen molar-refractivity contribution in [3.8, 4) is 0 Å². The molecule has 0 N–H and O–H groups in total. The molecule has 1 nitrogen and oxygen atoms in total. The van der Waals surface area contributed by atoms with Gasteiger partial charge in [0.2, 0.25) is 0 Å². The first-order valence-electron chi connectivity index (χ1n) is 5.23. The summed E-state index contributed by atoms with van der Waals surface area (Å²) in [7, 11) is 0. The highest BCUT2D eigenvalue weighted by Crippen LogP contribution is 2.30. The fourth-order valence-electron chi connectivity index (χ4n) is 1.92. The molecular formula is C13H16BrFO. The summed E-state index contributed by atoms with van der Waals surface area (Å²) in [6, 6.07) is 4.67. The predicted molar refractivity (Wildman–Crippen MR) is 66.9 cm³/mol. The van der Waals surface area contributed by atoms with E-state index in [4.69, 9.17) is 0 Å². The summed E-state index contributed by atoms with van der Waals surface area (Å²) < 4.78 is 13.7. The molecule has 16 heavy (non-hydrogen) atoms. The highest BCUT2D eigenvalue weighted by atomic mass is 79.9. The third-order valence-electron chi connectivity index (χ3n) is 2.41. The zero-order valence-corrected chi connectivity index (χ0v) is 11.4. The molecule has 0 atom stereocenters. The fourth-order valence-corrected chi connectivity index (χ4v) is 2.41. The molecule has 3 heteroatoms. The number of hydrogen-bond donors (Lipinski definition) is 0. The van der Waals surface area contributed by atoms with E-state index in [1.54, 1.807) is 13.0 Å². The molecule has 0 aliphatic rings. The summed E-state index contributed by atoms with van der Waals surface area (Å²) in [6.07, 6.45) is 1.30. The number of hydrogen-bond acceptors (Lipinski definition) is 1. The van der Waals surface area contributed by atoms with Crippen LogP contribution in [0, 0.1) is 11.2 Å². The summed E-state index contributed by atoms with van der Waals surface area (Å²) in [4.78, 5) is 11.1. The van der Waals surface area contributed by atoms with E-state index in [2.05, 4.69) is 15.9 Å². The van der Waals surface area contributed by atoms with Gasteiger partial charge in [-0.2, -0.15) is 0 Å². The summed E-state index contributed by atoms with van der Waals surface area (Å²) in [5.41, 5.74) is 0.944. The predicted octanol–water partition coefficient (Wildman–Crippen LogP) is 4.14. The molecule has 0 aliphatic carbocycles. The Morgan fingerprint density at radius 1 is 1.44 bits per heavy atom. The van der Waals surface area contributed by atoms with Crippen LogP contribution in [-0.2, 0) is 11.2 Å². The molecule has 0 amide bonds. The van der Waals surface area contributed by atoms with Crippen LogP contribution in [-0.4, -0.2) is 5.78 Å². The summed E-state index contributed by atoms with van der Waals surface area (Å²) in [5, 5.41) is 0. The molecule has 1 rings (SSSR count). The normalized spacial score (nSPS) is 11.6. The largest absolute Gasteiger partial charge is 0.300 e. The lowest BCUT2D eigenvalue weighted by atomic mass is 9.81. The van der Waals surface area contributed by atoms with Gasteiger partial charge in [0.15, 0.2) is 0 Å². The van der Waals surface area contributed by atoms with Gasteiger partial charge in [-0.3, -0.25) is 0 Å². The standard InChI is InChI=1S/C13H16BrFO/c1-9(16)7-13(2,3)8-10-4-5-11(15)6-12(10)14/h4-6H,7-8H2,1-3H3. The second-order valence-electron chi connectivity index (χ2n) is 4.96. The number of halogens is 2. The van der Waals surface area contributed by atoms with Crippen LogP contribution in [0.15, 0.2) is 22.7 Å². The molecular weight excluding hydrogens is 271 g/mol. The third-order valence-corrected chi connectivity index (χ3v) is 3.15. The number of Topliss-reactive ketones (excluding diaryl/α,β-unsaturated/α-hetero) is 1. The van der Waals surface area contributed by atoms with Crippen molar-refractivity contribution in [1.82, 2.24) is 0 Å². The Kier molecular flexibility index (Phi) is 4.25. The Morgan fingerprint density at radius 3 is 2.56 bits per heavy atom. The van der Waals surface area contributed by atoms with Gasteiger partial charge in [0.1, 0.15) is 11.6 Å². The average Bonchev–Trinajstić information content (AvgIpc) is 2.07. The van der Waals surface area contributed by atoms with Gasteiger partial charge in [0, 0.05) is 10.9 Å². The van der Waals surface area contributed by atoms with E-state index in [0.29, 0.717) is 6.42 Å². The quantitative estimate of drug-likeness (QED) is 0.813. The van der Waals surface area contributed by atoms with E-state index < -0.39 is 0 Å². The van der Waals surface area contributed by atoms with E-state index >= 15 is 0 Å². The van der Waals surface area contributed by atoms with Crippen LogP contribution in [0.3, 0.4) is 0 Å². The van der Waals surface area contributed by atoms with E-state index in [9.17, 15) is 9.18 Å². The Labute approximate surface area is 104 Å². The van der Waals surface area contributed by atoms with Gasteiger partial charge in [-0.25, -0.2) is 4.39 Å². The molecule has 1 aromatic carbocycles. The first-order valence-corrected chi connectivity index (χ1v) is 6.03. The number of carbonyl (C=O) groups excluding carboxylic acids is 1. The first kappa shape index (κ1) is 13.4. The number of carbonyl (C=O) groups is 1. The second kappa shape index (κ2) is 5.09. The van der Waals surface area contributed by atoms with E-state index in [1.165, 1.54) is 12.1 Å². The smallest absolute Gasteiger partial charge is 0.130 e. The van der Waals surface area contributed by atoms with Gasteiger partial charge in [0.05, 0.1) is 0 Å². The molecule has 0 radical (unpaired) electrons. The highest BCUT2D eigenvalue weighted by Gasteiger charge is 2.21. The van der Waals surface area contributed by atoms with Crippen molar-refractivity contribution < 1.29 is 9.18 Å². The molecule has 0 saturated carbocycles. The molecule has 1 aromatic rings. The van der Waals surface area contributed by atoms with Crippen LogP contribution < -0.4 is 0 Å². The number of ketones is 1.